The average molecular weight is 281 g/mol. The number of nitrogens with zero attached hydrogens (tertiary/aromatic N) is 1. The minimum atomic E-state index is 0.328. The summed E-state index contributed by atoms with van der Waals surface area (Å²) in [5.41, 5.74) is 1.01. The van der Waals surface area contributed by atoms with Gasteiger partial charge in [-0.05, 0) is 37.0 Å². The number of benzene rings is 1. The lowest BCUT2D eigenvalue weighted by Gasteiger charge is -2.43. The van der Waals surface area contributed by atoms with E-state index in [-0.39, 0.29) is 0 Å². The molecule has 0 bridgehead atoms. The van der Waals surface area contributed by atoms with E-state index >= 15 is 0 Å². The van der Waals surface area contributed by atoms with Crippen LogP contribution in [-0.4, -0.2) is 36.2 Å². The van der Waals surface area contributed by atoms with Crippen LogP contribution in [0.5, 0.6) is 5.75 Å². The third kappa shape index (κ3) is 2.73. The van der Waals surface area contributed by atoms with E-state index in [0.29, 0.717) is 22.7 Å². The minimum absolute atomic E-state index is 0.328. The minimum Gasteiger partial charge on any atom is -0.508 e. The lowest BCUT2D eigenvalue weighted by molar-refractivity contribution is 0.0819. The standard InChI is InChI=1S/C15H21ClN2O/c16-12-4-5-14(19)13(10-12)15(11-2-1-3-11)18-8-6-17-7-9-18/h4-5,10-11,15,17,19H,1-3,6-9H2/t15-/m1/s1. The van der Waals surface area contributed by atoms with Crippen LogP contribution < -0.4 is 5.32 Å². The molecule has 1 atom stereocenters. The highest BCUT2D eigenvalue weighted by Gasteiger charge is 2.34. The van der Waals surface area contributed by atoms with Gasteiger partial charge in [0, 0.05) is 42.8 Å². The van der Waals surface area contributed by atoms with Crippen molar-refractivity contribution in [2.75, 3.05) is 26.2 Å². The molecule has 104 valence electrons. The van der Waals surface area contributed by atoms with E-state index in [9.17, 15) is 5.11 Å². The fourth-order valence-corrected chi connectivity index (χ4v) is 3.41. The van der Waals surface area contributed by atoms with E-state index < -0.39 is 0 Å². The number of rotatable bonds is 3. The SMILES string of the molecule is Oc1ccc(Cl)cc1[C@@H](C1CCC1)N1CCNCC1. The van der Waals surface area contributed by atoms with Gasteiger partial charge in [0.15, 0.2) is 0 Å². The molecule has 1 saturated heterocycles. The van der Waals surface area contributed by atoms with Gasteiger partial charge in [0.25, 0.3) is 0 Å². The molecule has 0 unspecified atom stereocenters. The van der Waals surface area contributed by atoms with Crippen molar-refractivity contribution in [1.82, 2.24) is 10.2 Å². The Kier molecular flexibility index (Phi) is 3.96. The van der Waals surface area contributed by atoms with Gasteiger partial charge < -0.3 is 10.4 Å². The van der Waals surface area contributed by atoms with E-state index in [1.165, 1.54) is 19.3 Å². The number of piperazine rings is 1. The molecular weight excluding hydrogens is 260 g/mol. The molecule has 19 heavy (non-hydrogen) atoms. The monoisotopic (exact) mass is 280 g/mol. The third-order valence-electron chi connectivity index (χ3n) is 4.45. The Morgan fingerprint density at radius 2 is 2.00 bits per heavy atom. The van der Waals surface area contributed by atoms with Crippen LogP contribution in [0.15, 0.2) is 18.2 Å². The second-order valence-electron chi connectivity index (χ2n) is 5.62. The van der Waals surface area contributed by atoms with Crippen LogP contribution in [0, 0.1) is 5.92 Å². The number of phenolic OH excluding ortho intramolecular Hbond substituents is 1. The summed E-state index contributed by atoms with van der Waals surface area (Å²) in [6, 6.07) is 5.76. The van der Waals surface area contributed by atoms with Gasteiger partial charge in [-0.1, -0.05) is 18.0 Å². The van der Waals surface area contributed by atoms with Gasteiger partial charge in [-0.3, -0.25) is 4.90 Å². The quantitative estimate of drug-likeness (QED) is 0.894. The number of phenols is 1. The van der Waals surface area contributed by atoms with Crippen LogP contribution in [0.1, 0.15) is 30.9 Å². The lowest BCUT2D eigenvalue weighted by atomic mass is 9.76. The van der Waals surface area contributed by atoms with Crippen molar-refractivity contribution in [2.24, 2.45) is 5.92 Å². The van der Waals surface area contributed by atoms with E-state index in [1.54, 1.807) is 12.1 Å². The number of nitrogens with one attached hydrogen (secondary N) is 1. The summed E-state index contributed by atoms with van der Waals surface area (Å²) in [7, 11) is 0. The van der Waals surface area contributed by atoms with Crippen LogP contribution in [0.3, 0.4) is 0 Å². The predicted octanol–water partition coefficient (Wildman–Crippen LogP) is 2.79. The van der Waals surface area contributed by atoms with Gasteiger partial charge >= 0.3 is 0 Å². The molecule has 2 N–H and O–H groups in total. The first kappa shape index (κ1) is 13.2. The number of aromatic hydroxyl groups is 1. The normalized spacial score (nSPS) is 23.0. The zero-order valence-corrected chi connectivity index (χ0v) is 11.9. The van der Waals surface area contributed by atoms with Crippen molar-refractivity contribution in [3.05, 3.63) is 28.8 Å². The molecule has 3 rings (SSSR count). The Labute approximate surface area is 119 Å². The lowest BCUT2D eigenvalue weighted by Crippen LogP contribution is -2.47. The van der Waals surface area contributed by atoms with Crippen LogP contribution in [0.25, 0.3) is 0 Å². The molecule has 4 heteroatoms. The van der Waals surface area contributed by atoms with Crippen molar-refractivity contribution in [1.29, 1.82) is 0 Å². The Morgan fingerprint density at radius 1 is 1.26 bits per heavy atom. The van der Waals surface area contributed by atoms with E-state index in [4.69, 9.17) is 11.6 Å². The summed E-state index contributed by atoms with van der Waals surface area (Å²) in [5, 5.41) is 14.3. The highest BCUT2D eigenvalue weighted by molar-refractivity contribution is 6.30. The molecule has 2 aliphatic rings. The maximum atomic E-state index is 10.2. The number of hydrogen-bond donors (Lipinski definition) is 2. The van der Waals surface area contributed by atoms with E-state index in [1.807, 2.05) is 6.07 Å². The summed E-state index contributed by atoms with van der Waals surface area (Å²) in [4.78, 5) is 2.51. The maximum absolute atomic E-state index is 10.2. The Morgan fingerprint density at radius 3 is 2.63 bits per heavy atom. The van der Waals surface area contributed by atoms with Crippen molar-refractivity contribution < 1.29 is 5.11 Å². The van der Waals surface area contributed by atoms with Gasteiger partial charge in [-0.15, -0.1) is 0 Å². The fraction of sp³-hybridized carbons (Fsp3) is 0.600. The smallest absolute Gasteiger partial charge is 0.120 e. The fourth-order valence-electron chi connectivity index (χ4n) is 3.23. The van der Waals surface area contributed by atoms with Gasteiger partial charge in [-0.25, -0.2) is 0 Å². The van der Waals surface area contributed by atoms with E-state index in [0.717, 1.165) is 31.7 Å². The van der Waals surface area contributed by atoms with Gasteiger partial charge in [0.1, 0.15) is 5.75 Å². The Balaban J connectivity index is 1.90. The van der Waals surface area contributed by atoms with Crippen molar-refractivity contribution in [2.45, 2.75) is 25.3 Å². The second kappa shape index (κ2) is 5.70. The molecule has 0 amide bonds. The molecule has 1 aromatic rings. The number of hydrogen-bond acceptors (Lipinski definition) is 3. The summed E-state index contributed by atoms with van der Waals surface area (Å²) >= 11 is 6.12. The van der Waals surface area contributed by atoms with E-state index in [2.05, 4.69) is 10.2 Å². The zero-order valence-electron chi connectivity index (χ0n) is 11.1. The molecule has 1 aromatic carbocycles. The molecule has 1 aliphatic carbocycles. The summed E-state index contributed by atoms with van der Waals surface area (Å²) < 4.78 is 0. The predicted molar refractivity (Wildman–Crippen MR) is 77.6 cm³/mol. The second-order valence-corrected chi connectivity index (χ2v) is 6.06. The Bertz CT molecular complexity index is 442. The molecule has 1 aliphatic heterocycles. The van der Waals surface area contributed by atoms with Crippen LogP contribution >= 0.6 is 11.6 Å². The molecule has 0 radical (unpaired) electrons. The third-order valence-corrected chi connectivity index (χ3v) is 4.68. The first-order valence-electron chi connectivity index (χ1n) is 7.19. The maximum Gasteiger partial charge on any atom is 0.120 e. The summed E-state index contributed by atoms with van der Waals surface area (Å²) in [6.07, 6.45) is 3.84. The zero-order chi connectivity index (χ0) is 13.2. The topological polar surface area (TPSA) is 35.5 Å². The molecule has 1 heterocycles. The number of halogens is 1. The Hall–Kier alpha value is -0.770. The highest BCUT2D eigenvalue weighted by atomic mass is 35.5. The van der Waals surface area contributed by atoms with Crippen molar-refractivity contribution in [3.63, 3.8) is 0 Å². The van der Waals surface area contributed by atoms with Crippen LogP contribution in [0.4, 0.5) is 0 Å². The molecule has 1 saturated carbocycles. The molecule has 0 spiro atoms. The highest BCUT2D eigenvalue weighted by Crippen LogP contribution is 2.44. The molecule has 2 fully saturated rings. The molecular formula is C15H21ClN2O. The largest absolute Gasteiger partial charge is 0.508 e. The first-order chi connectivity index (χ1) is 9.25. The van der Waals surface area contributed by atoms with Crippen LogP contribution in [0.2, 0.25) is 5.02 Å². The first-order valence-corrected chi connectivity index (χ1v) is 7.56. The molecule has 3 nitrogen and oxygen atoms in total. The van der Waals surface area contributed by atoms with Gasteiger partial charge in [-0.2, -0.15) is 0 Å². The molecule has 0 aromatic heterocycles. The summed E-state index contributed by atoms with van der Waals surface area (Å²) in [5.74, 6) is 1.06. The van der Waals surface area contributed by atoms with Gasteiger partial charge in [0.2, 0.25) is 0 Å². The van der Waals surface area contributed by atoms with Crippen LogP contribution in [-0.2, 0) is 0 Å². The summed E-state index contributed by atoms with van der Waals surface area (Å²) in [6.45, 7) is 4.16. The average Bonchev–Trinajstić information content (AvgIpc) is 2.38. The van der Waals surface area contributed by atoms with Crippen molar-refractivity contribution >= 4 is 11.6 Å². The van der Waals surface area contributed by atoms with Gasteiger partial charge in [0.05, 0.1) is 0 Å². The van der Waals surface area contributed by atoms with Crippen molar-refractivity contribution in [3.8, 4) is 5.75 Å².